The number of aromatic amines is 1. The van der Waals surface area contributed by atoms with Crippen LogP contribution in [0, 0.1) is 12.7 Å². The predicted octanol–water partition coefficient (Wildman–Crippen LogP) is 5.29. The number of rotatable bonds is 5. The number of hydrogen-bond donors (Lipinski definition) is 1. The maximum Gasteiger partial charge on any atom is 0.355 e. The van der Waals surface area contributed by atoms with Gasteiger partial charge in [-0.2, -0.15) is 5.10 Å². The van der Waals surface area contributed by atoms with Gasteiger partial charge in [0, 0.05) is 40.7 Å². The third kappa shape index (κ3) is 4.03. The lowest BCUT2D eigenvalue weighted by molar-refractivity contribution is 0.0512. The maximum atomic E-state index is 15.4. The van der Waals surface area contributed by atoms with Gasteiger partial charge in [-0.15, -0.1) is 0 Å². The number of carbonyl (C=O) groups excluding carboxylic acids is 1. The molecule has 4 rings (SSSR count). The van der Waals surface area contributed by atoms with Crippen molar-refractivity contribution in [1.29, 1.82) is 0 Å². The van der Waals surface area contributed by atoms with Gasteiger partial charge >= 0.3 is 5.97 Å². The molecule has 0 fully saturated rings. The van der Waals surface area contributed by atoms with Crippen LogP contribution < -0.4 is 0 Å². The molecule has 1 aliphatic rings. The number of alkyl halides is 1. The van der Waals surface area contributed by atoms with E-state index in [1.54, 1.807) is 13.0 Å². The summed E-state index contributed by atoms with van der Waals surface area (Å²) >= 11 is 3.50. The highest BCUT2D eigenvalue weighted by Crippen LogP contribution is 2.40. The molecule has 0 bridgehead atoms. The Morgan fingerprint density at radius 3 is 2.97 bits per heavy atom. The summed E-state index contributed by atoms with van der Waals surface area (Å²) in [6.07, 6.45) is 3.21. The minimum atomic E-state index is -0.357. The molecule has 0 aliphatic carbocycles. The largest absolute Gasteiger partial charge is 0.461 e. The number of benzene rings is 1. The molecule has 3 heterocycles. The van der Waals surface area contributed by atoms with Crippen LogP contribution in [-0.2, 0) is 29.0 Å². The molecule has 0 spiro atoms. The van der Waals surface area contributed by atoms with Crippen molar-refractivity contribution in [3.8, 4) is 11.1 Å². The van der Waals surface area contributed by atoms with E-state index in [9.17, 15) is 4.79 Å². The number of fused-ring (bicyclic) bond motifs is 2. The molecule has 0 saturated carbocycles. The van der Waals surface area contributed by atoms with E-state index in [4.69, 9.17) is 9.47 Å². The van der Waals surface area contributed by atoms with E-state index in [-0.39, 0.29) is 18.4 Å². The van der Waals surface area contributed by atoms with Crippen LogP contribution in [0.4, 0.5) is 4.39 Å². The molecule has 31 heavy (non-hydrogen) atoms. The average molecular weight is 492 g/mol. The zero-order valence-electron chi connectivity index (χ0n) is 17.9. The number of carbonyl (C=O) groups is 1. The summed E-state index contributed by atoms with van der Waals surface area (Å²) in [6, 6.07) is 3.29. The van der Waals surface area contributed by atoms with E-state index >= 15 is 4.39 Å². The van der Waals surface area contributed by atoms with Gasteiger partial charge in [-0.1, -0.05) is 15.9 Å². The monoisotopic (exact) mass is 491 g/mol. The van der Waals surface area contributed by atoms with Crippen molar-refractivity contribution in [2.24, 2.45) is 0 Å². The molecule has 166 valence electrons. The first kappa shape index (κ1) is 22.0. The van der Waals surface area contributed by atoms with Crippen LogP contribution in [0.25, 0.3) is 22.0 Å². The van der Waals surface area contributed by atoms with Crippen LogP contribution >= 0.6 is 15.9 Å². The van der Waals surface area contributed by atoms with Gasteiger partial charge in [-0.3, -0.25) is 5.10 Å². The van der Waals surface area contributed by atoms with Gasteiger partial charge in [0.2, 0.25) is 0 Å². The van der Waals surface area contributed by atoms with Crippen LogP contribution in [0.3, 0.4) is 0 Å². The normalized spacial score (nSPS) is 14.3. The molecule has 1 N–H and O–H groups in total. The van der Waals surface area contributed by atoms with E-state index in [1.165, 1.54) is 6.07 Å². The number of nitrogens with zero attached hydrogens (tertiary/aromatic N) is 2. The zero-order valence-corrected chi connectivity index (χ0v) is 19.5. The van der Waals surface area contributed by atoms with E-state index < -0.39 is 0 Å². The standard InChI is InChI=1S/C23H27BrFN3O3/c1-3-31-23(29)22-15(7-6-10-24)16-8-9-17(25)20-19-14(2)26-27-18(19)13-30-12-5-4-11-28(22)21(16)20/h8-9H,3-7,10-13H2,1-2H3,(H,26,27). The van der Waals surface area contributed by atoms with Crippen molar-refractivity contribution in [2.75, 3.05) is 18.5 Å². The number of H-pyrrole nitrogens is 1. The Hall–Kier alpha value is -2.19. The Labute approximate surface area is 189 Å². The summed E-state index contributed by atoms with van der Waals surface area (Å²) in [7, 11) is 0. The summed E-state index contributed by atoms with van der Waals surface area (Å²) in [6.45, 7) is 5.46. The Bertz CT molecular complexity index is 1110. The van der Waals surface area contributed by atoms with Crippen molar-refractivity contribution >= 4 is 32.8 Å². The fourth-order valence-electron chi connectivity index (χ4n) is 4.44. The third-order valence-electron chi connectivity index (χ3n) is 5.74. The molecule has 6 nitrogen and oxygen atoms in total. The highest BCUT2D eigenvalue weighted by Gasteiger charge is 2.29. The van der Waals surface area contributed by atoms with Crippen LogP contribution in [0.5, 0.6) is 0 Å². The molecular formula is C23H27BrFN3O3. The fourth-order valence-corrected chi connectivity index (χ4v) is 4.72. The topological polar surface area (TPSA) is 69.1 Å². The van der Waals surface area contributed by atoms with Gasteiger partial charge in [0.25, 0.3) is 0 Å². The smallest absolute Gasteiger partial charge is 0.355 e. The Morgan fingerprint density at radius 1 is 1.35 bits per heavy atom. The number of hydrogen-bond acceptors (Lipinski definition) is 4. The second-order valence-corrected chi connectivity index (χ2v) is 8.53. The average Bonchev–Trinajstić information content (AvgIpc) is 3.25. The summed E-state index contributed by atoms with van der Waals surface area (Å²) in [5.74, 6) is -0.691. The van der Waals surface area contributed by atoms with E-state index in [0.29, 0.717) is 48.7 Å². The molecule has 8 heteroatoms. The highest BCUT2D eigenvalue weighted by molar-refractivity contribution is 9.09. The lowest BCUT2D eigenvalue weighted by Gasteiger charge is -2.13. The van der Waals surface area contributed by atoms with Crippen molar-refractivity contribution in [3.05, 3.63) is 40.6 Å². The Kier molecular flexibility index (Phi) is 6.77. The first-order chi connectivity index (χ1) is 15.1. The van der Waals surface area contributed by atoms with Gasteiger partial charge in [-0.25, -0.2) is 9.18 Å². The number of aryl methyl sites for hydroxylation is 3. The molecule has 1 aromatic carbocycles. The summed E-state index contributed by atoms with van der Waals surface area (Å²) < 4.78 is 28.6. The fraction of sp³-hybridized carbons (Fsp3) is 0.478. The highest BCUT2D eigenvalue weighted by atomic mass is 79.9. The first-order valence-corrected chi connectivity index (χ1v) is 11.9. The molecule has 1 aliphatic heterocycles. The third-order valence-corrected chi connectivity index (χ3v) is 6.30. The Morgan fingerprint density at radius 2 is 2.19 bits per heavy atom. The Balaban J connectivity index is 2.09. The minimum Gasteiger partial charge on any atom is -0.461 e. The number of halogens is 2. The molecule has 0 saturated heterocycles. The van der Waals surface area contributed by atoms with Crippen LogP contribution in [0.2, 0.25) is 0 Å². The minimum absolute atomic E-state index is 0.290. The number of aromatic nitrogens is 3. The molecule has 0 amide bonds. The molecule has 0 unspecified atom stereocenters. The van der Waals surface area contributed by atoms with E-state index in [0.717, 1.165) is 46.8 Å². The quantitative estimate of drug-likeness (QED) is 0.388. The summed E-state index contributed by atoms with van der Waals surface area (Å²) in [4.78, 5) is 13.1. The van der Waals surface area contributed by atoms with Gasteiger partial charge in [0.1, 0.15) is 11.5 Å². The summed E-state index contributed by atoms with van der Waals surface area (Å²) in [5.41, 5.74) is 4.83. The van der Waals surface area contributed by atoms with E-state index in [1.807, 2.05) is 11.5 Å². The second-order valence-electron chi connectivity index (χ2n) is 7.74. The first-order valence-electron chi connectivity index (χ1n) is 10.8. The number of nitrogens with one attached hydrogen (secondary N) is 1. The molecule has 0 atom stereocenters. The van der Waals surface area contributed by atoms with Gasteiger partial charge in [0.05, 0.1) is 24.4 Å². The van der Waals surface area contributed by atoms with Crippen molar-refractivity contribution in [3.63, 3.8) is 0 Å². The lowest BCUT2D eigenvalue weighted by Crippen LogP contribution is -2.15. The zero-order chi connectivity index (χ0) is 22.0. The van der Waals surface area contributed by atoms with Gasteiger partial charge in [-0.05, 0) is 57.2 Å². The van der Waals surface area contributed by atoms with Crippen molar-refractivity contribution < 1.29 is 18.7 Å². The van der Waals surface area contributed by atoms with E-state index in [2.05, 4.69) is 26.1 Å². The second kappa shape index (κ2) is 9.53. The molecule has 0 radical (unpaired) electrons. The van der Waals surface area contributed by atoms with Crippen LogP contribution in [0.15, 0.2) is 12.1 Å². The van der Waals surface area contributed by atoms with Gasteiger partial charge < -0.3 is 14.0 Å². The molecular weight excluding hydrogens is 465 g/mol. The predicted molar refractivity (Wildman–Crippen MR) is 121 cm³/mol. The SMILES string of the molecule is CCOC(=O)c1c(CCCBr)c2ccc(F)c3c2n1CCCCOCc1n[nH]c(C)c1-3. The van der Waals surface area contributed by atoms with Crippen molar-refractivity contribution in [2.45, 2.75) is 52.7 Å². The molecule has 3 aromatic rings. The van der Waals surface area contributed by atoms with Crippen LogP contribution in [-0.4, -0.2) is 39.3 Å². The van der Waals surface area contributed by atoms with Crippen molar-refractivity contribution in [1.82, 2.24) is 14.8 Å². The molecule has 2 aromatic heterocycles. The van der Waals surface area contributed by atoms with Crippen LogP contribution in [0.1, 0.15) is 53.6 Å². The maximum absolute atomic E-state index is 15.4. The summed E-state index contributed by atoms with van der Waals surface area (Å²) in [5, 5.41) is 9.08. The number of esters is 1. The lowest BCUT2D eigenvalue weighted by atomic mass is 9.98. The number of ether oxygens (including phenoxy) is 2. The van der Waals surface area contributed by atoms with Gasteiger partial charge in [0.15, 0.2) is 0 Å².